The molecular weight excluding hydrogens is 336 g/mol. The molecule has 0 saturated carbocycles. The highest BCUT2D eigenvalue weighted by Gasteiger charge is 2.21. The molecule has 0 fully saturated rings. The summed E-state index contributed by atoms with van der Waals surface area (Å²) in [5, 5.41) is 0.743. The number of aromatic nitrogens is 3. The fourth-order valence-electron chi connectivity index (χ4n) is 2.80. The summed E-state index contributed by atoms with van der Waals surface area (Å²) in [5.41, 5.74) is 2.73. The van der Waals surface area contributed by atoms with Gasteiger partial charge in [-0.15, -0.1) is 0 Å². The van der Waals surface area contributed by atoms with Gasteiger partial charge in [-0.05, 0) is 24.6 Å². The zero-order valence-corrected chi connectivity index (χ0v) is 15.2. The van der Waals surface area contributed by atoms with Crippen LogP contribution in [-0.4, -0.2) is 21.5 Å². The highest BCUT2D eigenvalue weighted by molar-refractivity contribution is 6.30. The van der Waals surface area contributed by atoms with E-state index in [1.54, 1.807) is 18.6 Å². The number of hydrogen-bond acceptors (Lipinski definition) is 5. The van der Waals surface area contributed by atoms with Crippen LogP contribution >= 0.6 is 11.6 Å². The summed E-state index contributed by atoms with van der Waals surface area (Å²) in [7, 11) is 0. The summed E-state index contributed by atoms with van der Waals surface area (Å²) in [5.74, 6) is 1.48. The van der Waals surface area contributed by atoms with Gasteiger partial charge >= 0.3 is 0 Å². The van der Waals surface area contributed by atoms with E-state index in [4.69, 9.17) is 16.0 Å². The maximum Gasteiger partial charge on any atom is 0.247 e. The van der Waals surface area contributed by atoms with Crippen molar-refractivity contribution in [3.05, 3.63) is 59.3 Å². The van der Waals surface area contributed by atoms with Crippen LogP contribution in [0.4, 0.5) is 5.69 Å². The number of hydrogen-bond donors (Lipinski definition) is 0. The Morgan fingerprint density at radius 2 is 2.08 bits per heavy atom. The number of halogens is 1. The molecule has 1 aliphatic rings. The summed E-state index contributed by atoms with van der Waals surface area (Å²) < 4.78 is 5.91. The van der Waals surface area contributed by atoms with E-state index in [-0.39, 0.29) is 0 Å². The van der Waals surface area contributed by atoms with E-state index in [1.165, 1.54) is 0 Å². The molecule has 0 unspecified atom stereocenters. The topological polar surface area (TPSA) is 55.1 Å². The maximum atomic E-state index is 6.11. The molecule has 1 aliphatic heterocycles. The van der Waals surface area contributed by atoms with Crippen LogP contribution in [0, 0.1) is 0 Å². The largest absolute Gasteiger partial charge is 0.439 e. The van der Waals surface area contributed by atoms with E-state index in [0.717, 1.165) is 41.6 Å². The summed E-state index contributed by atoms with van der Waals surface area (Å²) in [4.78, 5) is 15.2. The van der Waals surface area contributed by atoms with Crippen molar-refractivity contribution in [2.24, 2.45) is 0 Å². The molecule has 3 aromatic rings. The first-order chi connectivity index (χ1) is 12.3. The van der Waals surface area contributed by atoms with Crippen molar-refractivity contribution in [1.82, 2.24) is 15.0 Å². The van der Waals surface area contributed by atoms with Gasteiger partial charge < -0.3 is 9.32 Å². The number of oxazole rings is 1. The minimum atomic E-state index is 0.538. The number of anilines is 1. The second-order valence-electron chi connectivity index (χ2n) is 5.48. The van der Waals surface area contributed by atoms with E-state index in [0.29, 0.717) is 18.1 Å². The zero-order valence-electron chi connectivity index (χ0n) is 14.4. The van der Waals surface area contributed by atoms with Crippen molar-refractivity contribution in [3.8, 4) is 11.6 Å². The van der Waals surface area contributed by atoms with Crippen LogP contribution in [0.15, 0.2) is 47.3 Å². The highest BCUT2D eigenvalue weighted by Crippen LogP contribution is 2.28. The Hall–Kier alpha value is -2.40. The zero-order chi connectivity index (χ0) is 17.6. The molecule has 130 valence electrons. The smallest absolute Gasteiger partial charge is 0.247 e. The average molecular weight is 357 g/mol. The molecule has 0 spiro atoms. The summed E-state index contributed by atoms with van der Waals surface area (Å²) in [6.45, 7) is 5.66. The Kier molecular flexibility index (Phi) is 5.66. The van der Waals surface area contributed by atoms with Crippen LogP contribution in [0.2, 0.25) is 5.02 Å². The SMILES string of the molecule is CC.Clc1cccc(N2CCCc3oc(-c4cnccn4)nc3C2)c1. The van der Waals surface area contributed by atoms with Crippen molar-refractivity contribution < 1.29 is 4.42 Å². The molecule has 6 heteroatoms. The lowest BCUT2D eigenvalue weighted by molar-refractivity contribution is 0.511. The van der Waals surface area contributed by atoms with E-state index < -0.39 is 0 Å². The van der Waals surface area contributed by atoms with Crippen molar-refractivity contribution in [2.45, 2.75) is 33.2 Å². The first-order valence-corrected chi connectivity index (χ1v) is 8.93. The first-order valence-electron chi connectivity index (χ1n) is 8.55. The Labute approximate surface area is 152 Å². The number of nitrogens with zero attached hydrogens (tertiary/aromatic N) is 4. The van der Waals surface area contributed by atoms with Crippen LogP contribution < -0.4 is 4.90 Å². The molecule has 25 heavy (non-hydrogen) atoms. The predicted molar refractivity (Wildman–Crippen MR) is 99.7 cm³/mol. The number of benzene rings is 1. The van der Waals surface area contributed by atoms with Gasteiger partial charge in [0.2, 0.25) is 5.89 Å². The molecule has 0 N–H and O–H groups in total. The molecule has 4 rings (SSSR count). The molecular formula is C19H21ClN4O. The Bertz CT molecular complexity index is 819. The van der Waals surface area contributed by atoms with Crippen LogP contribution in [0.25, 0.3) is 11.6 Å². The maximum absolute atomic E-state index is 6.11. The first kappa shape index (κ1) is 17.4. The molecule has 2 aromatic heterocycles. The third kappa shape index (κ3) is 3.99. The molecule has 0 saturated heterocycles. The van der Waals surface area contributed by atoms with Gasteiger partial charge in [-0.2, -0.15) is 0 Å². The quantitative estimate of drug-likeness (QED) is 0.662. The normalized spacial score (nSPS) is 13.5. The molecule has 3 heterocycles. The molecule has 0 amide bonds. The van der Waals surface area contributed by atoms with E-state index in [2.05, 4.69) is 25.9 Å². The van der Waals surface area contributed by atoms with E-state index >= 15 is 0 Å². The molecule has 0 radical (unpaired) electrons. The fourth-order valence-corrected chi connectivity index (χ4v) is 2.99. The molecule has 1 aromatic carbocycles. The number of fused-ring (bicyclic) bond motifs is 1. The number of aryl methyl sites for hydroxylation is 1. The Balaban J connectivity index is 0.000000880. The fraction of sp³-hybridized carbons (Fsp3) is 0.316. The van der Waals surface area contributed by atoms with Gasteiger partial charge in [-0.1, -0.05) is 31.5 Å². The van der Waals surface area contributed by atoms with Crippen molar-refractivity contribution in [1.29, 1.82) is 0 Å². The Morgan fingerprint density at radius 1 is 1.20 bits per heavy atom. The standard InChI is InChI=1S/C17H15ClN4O.C2H6/c18-12-3-1-4-13(9-12)22-8-2-5-16-15(11-22)21-17(23-16)14-10-19-6-7-20-14;1-2/h1,3-4,6-7,9-10H,2,5,8,11H2;1-2H3. The van der Waals surface area contributed by atoms with Crippen LogP contribution in [-0.2, 0) is 13.0 Å². The van der Waals surface area contributed by atoms with Crippen LogP contribution in [0.1, 0.15) is 31.7 Å². The number of rotatable bonds is 2. The van der Waals surface area contributed by atoms with Crippen molar-refractivity contribution >= 4 is 17.3 Å². The minimum absolute atomic E-state index is 0.538. The van der Waals surface area contributed by atoms with Crippen molar-refractivity contribution in [2.75, 3.05) is 11.4 Å². The monoisotopic (exact) mass is 356 g/mol. The van der Waals surface area contributed by atoms with Gasteiger partial charge in [0.15, 0.2) is 0 Å². The van der Waals surface area contributed by atoms with Crippen LogP contribution in [0.3, 0.4) is 0 Å². The second kappa shape index (κ2) is 8.12. The van der Waals surface area contributed by atoms with Gasteiger partial charge in [0, 0.05) is 36.1 Å². The Morgan fingerprint density at radius 3 is 2.84 bits per heavy atom. The van der Waals surface area contributed by atoms with Crippen LogP contribution in [0.5, 0.6) is 0 Å². The third-order valence-corrected chi connectivity index (χ3v) is 4.14. The van der Waals surface area contributed by atoms with Crippen molar-refractivity contribution in [3.63, 3.8) is 0 Å². The molecule has 0 aliphatic carbocycles. The van der Waals surface area contributed by atoms with Gasteiger partial charge in [-0.25, -0.2) is 9.97 Å². The van der Waals surface area contributed by atoms with E-state index in [9.17, 15) is 0 Å². The lowest BCUT2D eigenvalue weighted by atomic mass is 10.2. The minimum Gasteiger partial charge on any atom is -0.439 e. The average Bonchev–Trinajstić information content (AvgIpc) is 2.96. The highest BCUT2D eigenvalue weighted by atomic mass is 35.5. The predicted octanol–water partition coefficient (Wildman–Crippen LogP) is 4.76. The van der Waals surface area contributed by atoms with Gasteiger partial charge in [-0.3, -0.25) is 4.98 Å². The lowest BCUT2D eigenvalue weighted by Crippen LogP contribution is -2.22. The lowest BCUT2D eigenvalue weighted by Gasteiger charge is -2.22. The van der Waals surface area contributed by atoms with Gasteiger partial charge in [0.25, 0.3) is 0 Å². The summed E-state index contributed by atoms with van der Waals surface area (Å²) >= 11 is 6.11. The van der Waals surface area contributed by atoms with Gasteiger partial charge in [0.1, 0.15) is 17.1 Å². The molecule has 0 bridgehead atoms. The second-order valence-corrected chi connectivity index (χ2v) is 5.92. The molecule has 0 atom stereocenters. The van der Waals surface area contributed by atoms with E-state index in [1.807, 2.05) is 32.0 Å². The molecule has 5 nitrogen and oxygen atoms in total. The van der Waals surface area contributed by atoms with Gasteiger partial charge in [0.05, 0.1) is 12.7 Å². The summed E-state index contributed by atoms with van der Waals surface area (Å²) in [6.07, 6.45) is 6.83. The summed E-state index contributed by atoms with van der Waals surface area (Å²) in [6, 6.07) is 7.91. The third-order valence-electron chi connectivity index (χ3n) is 3.91.